The lowest BCUT2D eigenvalue weighted by Gasteiger charge is -2.28. The summed E-state index contributed by atoms with van der Waals surface area (Å²) < 4.78 is 23.0. The molecular formula is C21H31NO6. The van der Waals surface area contributed by atoms with E-state index in [1.165, 1.54) is 0 Å². The number of nitrogens with one attached hydrogen (secondary N) is 1. The van der Waals surface area contributed by atoms with Gasteiger partial charge < -0.3 is 29.4 Å². The van der Waals surface area contributed by atoms with Crippen molar-refractivity contribution in [2.75, 3.05) is 26.9 Å². The summed E-state index contributed by atoms with van der Waals surface area (Å²) in [4.78, 5) is 12.5. The predicted molar refractivity (Wildman–Crippen MR) is 103 cm³/mol. The van der Waals surface area contributed by atoms with Crippen LogP contribution in [0, 0.1) is 5.92 Å². The molecule has 7 heteroatoms. The van der Waals surface area contributed by atoms with Crippen LogP contribution in [0.1, 0.15) is 25.3 Å². The molecule has 1 aromatic carbocycles. The quantitative estimate of drug-likeness (QED) is 0.657. The number of aliphatic hydroxyl groups is 1. The van der Waals surface area contributed by atoms with E-state index in [1.807, 2.05) is 37.3 Å². The van der Waals surface area contributed by atoms with E-state index in [0.29, 0.717) is 26.2 Å². The van der Waals surface area contributed by atoms with Gasteiger partial charge in [-0.3, -0.25) is 4.79 Å². The summed E-state index contributed by atoms with van der Waals surface area (Å²) in [7, 11) is 1.65. The smallest absolute Gasteiger partial charge is 0.220 e. The number of methoxy groups -OCH3 is 1. The van der Waals surface area contributed by atoms with Crippen molar-refractivity contribution in [3.63, 3.8) is 0 Å². The first-order valence-electron chi connectivity index (χ1n) is 9.94. The lowest BCUT2D eigenvalue weighted by molar-refractivity contribution is -0.125. The Bertz CT molecular complexity index is 612. The van der Waals surface area contributed by atoms with Crippen molar-refractivity contribution in [2.45, 2.75) is 56.8 Å². The second kappa shape index (κ2) is 10.3. The zero-order valence-corrected chi connectivity index (χ0v) is 16.6. The average molecular weight is 393 g/mol. The second-order valence-electron chi connectivity index (χ2n) is 7.53. The van der Waals surface area contributed by atoms with E-state index in [2.05, 4.69) is 5.32 Å². The van der Waals surface area contributed by atoms with Crippen molar-refractivity contribution in [2.24, 2.45) is 5.92 Å². The highest BCUT2D eigenvalue weighted by Crippen LogP contribution is 2.26. The summed E-state index contributed by atoms with van der Waals surface area (Å²) in [5, 5.41) is 12.4. The molecule has 2 unspecified atom stereocenters. The molecule has 2 fully saturated rings. The van der Waals surface area contributed by atoms with Crippen LogP contribution in [0.3, 0.4) is 0 Å². The predicted octanol–water partition coefficient (Wildman–Crippen LogP) is 1.28. The van der Waals surface area contributed by atoms with Gasteiger partial charge in [0, 0.05) is 20.1 Å². The van der Waals surface area contributed by atoms with Crippen molar-refractivity contribution in [3.8, 4) is 0 Å². The molecule has 7 nitrogen and oxygen atoms in total. The Hall–Kier alpha value is -1.51. The minimum absolute atomic E-state index is 0.0514. The van der Waals surface area contributed by atoms with Gasteiger partial charge in [-0.2, -0.15) is 0 Å². The maximum absolute atomic E-state index is 12.5. The summed E-state index contributed by atoms with van der Waals surface area (Å²) >= 11 is 0. The first-order chi connectivity index (χ1) is 13.6. The Morgan fingerprint density at radius 1 is 1.32 bits per heavy atom. The van der Waals surface area contributed by atoms with Crippen LogP contribution in [0.2, 0.25) is 0 Å². The number of benzene rings is 1. The molecule has 2 aliphatic rings. The normalized spacial score (nSPS) is 31.0. The van der Waals surface area contributed by atoms with Gasteiger partial charge in [-0.05, 0) is 24.8 Å². The molecule has 0 spiro atoms. The van der Waals surface area contributed by atoms with Gasteiger partial charge in [0.15, 0.2) is 0 Å². The second-order valence-corrected chi connectivity index (χ2v) is 7.53. The summed E-state index contributed by atoms with van der Waals surface area (Å²) in [6.07, 6.45) is 0.165. The molecule has 0 bridgehead atoms. The van der Waals surface area contributed by atoms with E-state index in [9.17, 15) is 9.90 Å². The van der Waals surface area contributed by atoms with Crippen LogP contribution in [-0.2, 0) is 30.3 Å². The molecule has 1 aromatic rings. The van der Waals surface area contributed by atoms with Crippen LogP contribution >= 0.6 is 0 Å². The Labute approximate surface area is 166 Å². The molecule has 6 atom stereocenters. The number of ether oxygens (including phenoxy) is 4. The Morgan fingerprint density at radius 2 is 2.11 bits per heavy atom. The van der Waals surface area contributed by atoms with Gasteiger partial charge in [-0.25, -0.2) is 0 Å². The lowest BCUT2D eigenvalue weighted by atomic mass is 9.97. The monoisotopic (exact) mass is 393 g/mol. The van der Waals surface area contributed by atoms with Crippen LogP contribution in [0.25, 0.3) is 0 Å². The standard InChI is InChI=1S/C21H31NO6/c1-14(22-19(24)10-16-8-9-26-17(16)11-23)20-21(18(25-2)13-28-20)27-12-15-6-4-3-5-7-15/h3-7,14,16-18,20-21,23H,8-13H2,1-2H3,(H,22,24)/t14-,16?,17+,18?,20+,21+/m0/s1. The van der Waals surface area contributed by atoms with E-state index >= 15 is 0 Å². The van der Waals surface area contributed by atoms with Gasteiger partial charge in [0.2, 0.25) is 5.91 Å². The van der Waals surface area contributed by atoms with E-state index in [-0.39, 0.29) is 48.9 Å². The number of amides is 1. The largest absolute Gasteiger partial charge is 0.394 e. The molecule has 156 valence electrons. The van der Waals surface area contributed by atoms with Gasteiger partial charge in [-0.1, -0.05) is 30.3 Å². The fourth-order valence-electron chi connectivity index (χ4n) is 3.97. The number of hydrogen-bond donors (Lipinski definition) is 2. The van der Waals surface area contributed by atoms with Crippen LogP contribution in [-0.4, -0.2) is 68.4 Å². The Kier molecular flexibility index (Phi) is 7.82. The Morgan fingerprint density at radius 3 is 2.82 bits per heavy atom. The van der Waals surface area contributed by atoms with E-state index in [1.54, 1.807) is 7.11 Å². The minimum Gasteiger partial charge on any atom is -0.394 e. The molecule has 3 rings (SSSR count). The highest BCUT2D eigenvalue weighted by Gasteiger charge is 2.42. The van der Waals surface area contributed by atoms with Gasteiger partial charge >= 0.3 is 0 Å². The first-order valence-corrected chi connectivity index (χ1v) is 9.94. The number of aliphatic hydroxyl groups excluding tert-OH is 1. The van der Waals surface area contributed by atoms with E-state index in [4.69, 9.17) is 18.9 Å². The summed E-state index contributed by atoms with van der Waals surface area (Å²) in [6, 6.07) is 9.73. The molecule has 2 aliphatic heterocycles. The first kappa shape index (κ1) is 21.2. The zero-order valence-electron chi connectivity index (χ0n) is 16.6. The van der Waals surface area contributed by atoms with Crippen molar-refractivity contribution in [1.29, 1.82) is 0 Å². The maximum Gasteiger partial charge on any atom is 0.220 e. The maximum atomic E-state index is 12.5. The topological polar surface area (TPSA) is 86.3 Å². The van der Waals surface area contributed by atoms with Gasteiger partial charge in [0.05, 0.1) is 32.0 Å². The van der Waals surface area contributed by atoms with E-state index < -0.39 is 0 Å². The average Bonchev–Trinajstić information content (AvgIpc) is 3.33. The van der Waals surface area contributed by atoms with Crippen LogP contribution in [0.15, 0.2) is 30.3 Å². The molecule has 0 aromatic heterocycles. The molecule has 1 amide bonds. The SMILES string of the molecule is COC1CO[C@H]([C@H](C)NC(=O)CC2CCO[C@@H]2CO)[C@@H]1OCc1ccccc1. The molecule has 0 saturated carbocycles. The third-order valence-corrected chi connectivity index (χ3v) is 5.59. The molecule has 2 heterocycles. The number of carbonyl (C=O) groups excluding carboxylic acids is 1. The van der Waals surface area contributed by atoms with E-state index in [0.717, 1.165) is 12.0 Å². The molecule has 28 heavy (non-hydrogen) atoms. The number of rotatable bonds is 9. The Balaban J connectivity index is 1.54. The van der Waals surface area contributed by atoms with Crippen molar-refractivity contribution in [1.82, 2.24) is 5.32 Å². The van der Waals surface area contributed by atoms with Gasteiger partial charge in [0.25, 0.3) is 0 Å². The summed E-state index contributed by atoms with van der Waals surface area (Å²) in [6.45, 7) is 3.36. The summed E-state index contributed by atoms with van der Waals surface area (Å²) in [5.74, 6) is -0.00808. The van der Waals surface area contributed by atoms with Crippen molar-refractivity contribution < 1.29 is 28.8 Å². The highest BCUT2D eigenvalue weighted by atomic mass is 16.6. The fraction of sp³-hybridized carbons (Fsp3) is 0.667. The zero-order chi connectivity index (χ0) is 19.9. The minimum atomic E-state index is -0.286. The van der Waals surface area contributed by atoms with Crippen LogP contribution < -0.4 is 5.32 Å². The highest BCUT2D eigenvalue weighted by molar-refractivity contribution is 5.76. The third-order valence-electron chi connectivity index (χ3n) is 5.59. The number of hydrogen-bond acceptors (Lipinski definition) is 6. The molecule has 0 aliphatic carbocycles. The van der Waals surface area contributed by atoms with Crippen LogP contribution in [0.4, 0.5) is 0 Å². The third kappa shape index (κ3) is 5.30. The fourth-order valence-corrected chi connectivity index (χ4v) is 3.97. The van der Waals surface area contributed by atoms with Crippen LogP contribution in [0.5, 0.6) is 0 Å². The molecule has 2 saturated heterocycles. The number of carbonyl (C=O) groups is 1. The van der Waals surface area contributed by atoms with Crippen molar-refractivity contribution in [3.05, 3.63) is 35.9 Å². The van der Waals surface area contributed by atoms with Crippen molar-refractivity contribution >= 4 is 5.91 Å². The molecule has 0 radical (unpaired) electrons. The lowest BCUT2D eigenvalue weighted by Crippen LogP contribution is -2.48. The molecular weight excluding hydrogens is 362 g/mol. The van der Waals surface area contributed by atoms with Gasteiger partial charge in [-0.15, -0.1) is 0 Å². The molecule has 2 N–H and O–H groups in total. The van der Waals surface area contributed by atoms with Gasteiger partial charge in [0.1, 0.15) is 18.3 Å². The summed E-state index contributed by atoms with van der Waals surface area (Å²) in [5.41, 5.74) is 1.08.